The Balaban J connectivity index is 1.62. The quantitative estimate of drug-likeness (QED) is 0.235. The number of aryl methyl sites for hydroxylation is 1. The summed E-state index contributed by atoms with van der Waals surface area (Å²) in [6.07, 6.45) is 9.36. The van der Waals surface area contributed by atoms with E-state index < -0.39 is 5.79 Å². The largest absolute Gasteiger partial charge is 0.347 e. The summed E-state index contributed by atoms with van der Waals surface area (Å²) in [7, 11) is 3.26. The first-order valence-electron chi connectivity index (χ1n) is 12.0. The molecule has 36 heavy (non-hydrogen) atoms. The molecule has 0 saturated carbocycles. The number of terminal acetylenes is 1. The van der Waals surface area contributed by atoms with Gasteiger partial charge in [0.25, 0.3) is 0 Å². The van der Waals surface area contributed by atoms with E-state index in [1.807, 2.05) is 22.9 Å². The third-order valence-corrected chi connectivity index (χ3v) is 6.23. The van der Waals surface area contributed by atoms with Gasteiger partial charge in [-0.1, -0.05) is 61.9 Å². The van der Waals surface area contributed by atoms with Crippen molar-refractivity contribution in [1.29, 1.82) is 0 Å². The van der Waals surface area contributed by atoms with Crippen LogP contribution in [-0.4, -0.2) is 49.6 Å². The number of H-pyrrole nitrogens is 1. The van der Waals surface area contributed by atoms with E-state index in [-0.39, 0.29) is 0 Å². The van der Waals surface area contributed by atoms with Crippen molar-refractivity contribution in [3.63, 3.8) is 0 Å². The van der Waals surface area contributed by atoms with Gasteiger partial charge in [0, 0.05) is 39.0 Å². The molecular weight excluding hydrogens is 454 g/mol. The van der Waals surface area contributed by atoms with Crippen LogP contribution in [0.3, 0.4) is 0 Å². The van der Waals surface area contributed by atoms with E-state index in [1.54, 1.807) is 14.2 Å². The number of hydrogen-bond donors (Lipinski definition) is 1. The van der Waals surface area contributed by atoms with Gasteiger partial charge in [0.05, 0.1) is 6.54 Å². The van der Waals surface area contributed by atoms with Crippen LogP contribution < -0.4 is 0 Å². The highest BCUT2D eigenvalue weighted by atomic mass is 16.7. The number of rotatable bonds is 12. The zero-order chi connectivity index (χ0) is 25.4. The van der Waals surface area contributed by atoms with Crippen molar-refractivity contribution >= 4 is 0 Å². The van der Waals surface area contributed by atoms with Crippen LogP contribution in [0.2, 0.25) is 0 Å². The van der Waals surface area contributed by atoms with Gasteiger partial charge in [-0.15, -0.1) is 22.5 Å². The minimum atomic E-state index is -0.977. The van der Waals surface area contributed by atoms with Crippen molar-refractivity contribution in [1.82, 2.24) is 35.4 Å². The maximum atomic E-state index is 5.79. The molecule has 0 saturated heterocycles. The predicted octanol–water partition coefficient (Wildman–Crippen LogP) is 4.38. The molecule has 9 heteroatoms. The number of nitrogens with one attached hydrogen (secondary N) is 1. The average molecular weight is 486 g/mol. The number of tetrazole rings is 1. The second kappa shape index (κ2) is 11.7. The molecule has 186 valence electrons. The molecule has 0 unspecified atom stereocenters. The van der Waals surface area contributed by atoms with Crippen molar-refractivity contribution in [2.75, 3.05) is 14.2 Å². The number of hydrogen-bond acceptors (Lipinski definition) is 7. The zero-order valence-electron chi connectivity index (χ0n) is 20.9. The van der Waals surface area contributed by atoms with E-state index in [0.717, 1.165) is 40.9 Å². The monoisotopic (exact) mass is 485 g/mol. The fourth-order valence-corrected chi connectivity index (χ4v) is 4.20. The number of methoxy groups -OCH3 is 2. The number of unbranched alkanes of at least 4 members (excludes halogenated alkanes) is 1. The van der Waals surface area contributed by atoms with Crippen LogP contribution in [0.15, 0.2) is 48.5 Å². The molecule has 0 spiro atoms. The highest BCUT2D eigenvalue weighted by molar-refractivity contribution is 5.80. The molecule has 2 heterocycles. The number of benzene rings is 2. The molecule has 9 nitrogen and oxygen atoms in total. The molecule has 2 aromatic carbocycles. The summed E-state index contributed by atoms with van der Waals surface area (Å²) in [4.78, 5) is 4.80. The van der Waals surface area contributed by atoms with Gasteiger partial charge in [0.15, 0.2) is 5.82 Å². The second-order valence-electron chi connectivity index (χ2n) is 8.47. The molecule has 0 radical (unpaired) electrons. The lowest BCUT2D eigenvalue weighted by molar-refractivity contribution is -0.226. The molecule has 0 aliphatic heterocycles. The van der Waals surface area contributed by atoms with Gasteiger partial charge < -0.3 is 9.47 Å². The highest BCUT2D eigenvalue weighted by Crippen LogP contribution is 2.31. The standard InChI is InChI=1S/C27H31N7O2/c1-5-7-13-24-28-26(27(35-3,36-4)18-8-6-2)31-34(24)19-20-14-16-21(17-15-20)22-11-9-10-12-23(22)25-29-32-33-30-25/h1,9-12,14-17H,6-8,13,18-19H2,2-4H3,(H,29,30,32,33). The van der Waals surface area contributed by atoms with Crippen LogP contribution in [0, 0.1) is 12.3 Å². The first-order chi connectivity index (χ1) is 17.6. The molecule has 1 N–H and O–H groups in total. The molecule has 0 atom stereocenters. The van der Waals surface area contributed by atoms with E-state index in [2.05, 4.69) is 63.8 Å². The van der Waals surface area contributed by atoms with Crippen molar-refractivity contribution in [3.8, 4) is 34.9 Å². The molecule has 4 aromatic rings. The van der Waals surface area contributed by atoms with Crippen LogP contribution in [0.1, 0.15) is 49.8 Å². The number of ether oxygens (including phenoxy) is 2. The Labute approximate surface area is 211 Å². The molecule has 0 aliphatic rings. The van der Waals surface area contributed by atoms with E-state index in [0.29, 0.717) is 37.5 Å². The maximum absolute atomic E-state index is 5.79. The summed E-state index contributed by atoms with van der Waals surface area (Å²) in [6, 6.07) is 16.4. The Morgan fingerprint density at radius 2 is 1.81 bits per heavy atom. The van der Waals surface area contributed by atoms with Crippen LogP contribution in [0.25, 0.3) is 22.5 Å². The summed E-state index contributed by atoms with van der Waals surface area (Å²) in [5.41, 5.74) is 4.14. The average Bonchev–Trinajstić information content (AvgIpc) is 3.60. The van der Waals surface area contributed by atoms with Crippen molar-refractivity contribution < 1.29 is 9.47 Å². The summed E-state index contributed by atoms with van der Waals surface area (Å²) < 4.78 is 13.5. The summed E-state index contributed by atoms with van der Waals surface area (Å²) >= 11 is 0. The number of nitrogens with zero attached hydrogens (tertiary/aromatic N) is 6. The van der Waals surface area contributed by atoms with Gasteiger partial charge in [0.1, 0.15) is 5.82 Å². The van der Waals surface area contributed by atoms with Crippen molar-refractivity contribution in [3.05, 3.63) is 65.7 Å². The van der Waals surface area contributed by atoms with E-state index in [4.69, 9.17) is 26.0 Å². The normalized spacial score (nSPS) is 11.5. The smallest absolute Gasteiger partial charge is 0.231 e. The van der Waals surface area contributed by atoms with Crippen molar-refractivity contribution in [2.45, 2.75) is 51.4 Å². The highest BCUT2D eigenvalue weighted by Gasteiger charge is 2.37. The fourth-order valence-electron chi connectivity index (χ4n) is 4.20. The number of aromatic amines is 1. The van der Waals surface area contributed by atoms with Crippen LogP contribution >= 0.6 is 0 Å². The maximum Gasteiger partial charge on any atom is 0.231 e. The lowest BCUT2D eigenvalue weighted by Crippen LogP contribution is -2.32. The Hall–Kier alpha value is -3.87. The Kier molecular flexibility index (Phi) is 8.21. The van der Waals surface area contributed by atoms with Gasteiger partial charge in [-0.05, 0) is 33.5 Å². The molecule has 2 aromatic heterocycles. The van der Waals surface area contributed by atoms with Crippen LogP contribution in [0.4, 0.5) is 0 Å². The molecule has 0 fully saturated rings. The topological polar surface area (TPSA) is 104 Å². The second-order valence-corrected chi connectivity index (χ2v) is 8.47. The van der Waals surface area contributed by atoms with E-state index in [9.17, 15) is 0 Å². The van der Waals surface area contributed by atoms with E-state index >= 15 is 0 Å². The fraction of sp³-hybridized carbons (Fsp3) is 0.370. The van der Waals surface area contributed by atoms with Gasteiger partial charge in [-0.3, -0.25) is 0 Å². The first kappa shape index (κ1) is 25.2. The molecule has 0 aliphatic carbocycles. The Bertz CT molecular complexity index is 1290. The molecular formula is C27H31N7O2. The summed E-state index contributed by atoms with van der Waals surface area (Å²) in [6.45, 7) is 2.68. The van der Waals surface area contributed by atoms with Crippen LogP contribution in [0.5, 0.6) is 0 Å². The van der Waals surface area contributed by atoms with Gasteiger partial charge >= 0.3 is 0 Å². The molecule has 4 rings (SSSR count). The summed E-state index contributed by atoms with van der Waals surface area (Å²) in [5, 5.41) is 19.1. The zero-order valence-corrected chi connectivity index (χ0v) is 20.9. The Morgan fingerprint density at radius 1 is 1.06 bits per heavy atom. The number of aromatic nitrogens is 7. The predicted molar refractivity (Wildman–Crippen MR) is 137 cm³/mol. The van der Waals surface area contributed by atoms with Gasteiger partial charge in [-0.25, -0.2) is 14.8 Å². The van der Waals surface area contributed by atoms with Gasteiger partial charge in [0.2, 0.25) is 11.6 Å². The lowest BCUT2D eigenvalue weighted by Gasteiger charge is -2.27. The van der Waals surface area contributed by atoms with E-state index in [1.165, 1.54) is 0 Å². The van der Waals surface area contributed by atoms with Crippen molar-refractivity contribution in [2.24, 2.45) is 0 Å². The first-order valence-corrected chi connectivity index (χ1v) is 12.0. The SMILES string of the molecule is C#CCCc1nc(C(CCCC)(OC)OC)nn1Cc1ccc(-c2ccccc2-c2nnn[nH]2)cc1. The third-order valence-electron chi connectivity index (χ3n) is 6.23. The van der Waals surface area contributed by atoms with Crippen LogP contribution in [-0.2, 0) is 28.2 Å². The summed E-state index contributed by atoms with van der Waals surface area (Å²) in [5.74, 6) is 3.69. The minimum Gasteiger partial charge on any atom is -0.347 e. The minimum absolute atomic E-state index is 0.527. The Morgan fingerprint density at radius 3 is 2.44 bits per heavy atom. The van der Waals surface area contributed by atoms with Gasteiger partial charge in [-0.2, -0.15) is 0 Å². The lowest BCUT2D eigenvalue weighted by atomic mass is 9.98. The third kappa shape index (κ3) is 5.35. The molecule has 0 bridgehead atoms. The molecule has 0 amide bonds.